The van der Waals surface area contributed by atoms with Gasteiger partial charge in [0, 0.05) is 25.1 Å². The standard InChI is InChI=1S/C25H34N6O/c1-6-26-25(30-19(4)22-8-10-23(11-9-22)32-17-18(2)3)29-16-21-7-12-24(28-15-21)31-14-13-27-20(31)5/h7-15,18-19H,6,16-17H2,1-5H3,(H2,26,29,30). The van der Waals surface area contributed by atoms with Gasteiger partial charge in [-0.2, -0.15) is 0 Å². The van der Waals surface area contributed by atoms with Crippen LogP contribution in [0.3, 0.4) is 0 Å². The Hall–Kier alpha value is -3.35. The van der Waals surface area contributed by atoms with Gasteiger partial charge in [-0.25, -0.2) is 15.0 Å². The Kier molecular flexibility index (Phi) is 8.25. The third kappa shape index (κ3) is 6.57. The lowest BCUT2D eigenvalue weighted by Gasteiger charge is -2.19. The van der Waals surface area contributed by atoms with Crippen LogP contribution in [0.4, 0.5) is 0 Å². The van der Waals surface area contributed by atoms with Gasteiger partial charge in [-0.1, -0.05) is 32.0 Å². The number of guanidine groups is 1. The molecule has 7 heteroatoms. The number of nitrogens with zero attached hydrogens (tertiary/aromatic N) is 4. The predicted molar refractivity (Wildman–Crippen MR) is 129 cm³/mol. The molecule has 0 bridgehead atoms. The number of imidazole rings is 1. The van der Waals surface area contributed by atoms with Crippen molar-refractivity contribution in [1.29, 1.82) is 0 Å². The van der Waals surface area contributed by atoms with Crippen LogP contribution in [-0.4, -0.2) is 33.6 Å². The zero-order valence-electron chi connectivity index (χ0n) is 19.7. The number of benzene rings is 1. The van der Waals surface area contributed by atoms with Gasteiger partial charge in [0.15, 0.2) is 5.96 Å². The van der Waals surface area contributed by atoms with Crippen LogP contribution in [0.25, 0.3) is 5.82 Å². The second-order valence-corrected chi connectivity index (χ2v) is 8.20. The van der Waals surface area contributed by atoms with Gasteiger partial charge in [0.1, 0.15) is 17.4 Å². The lowest BCUT2D eigenvalue weighted by Crippen LogP contribution is -2.38. The SMILES string of the molecule is CCNC(=NCc1ccc(-n2ccnc2C)nc1)NC(C)c1ccc(OCC(C)C)cc1. The average molecular weight is 435 g/mol. The molecule has 170 valence electrons. The number of aryl methyl sites for hydroxylation is 1. The van der Waals surface area contributed by atoms with Crippen molar-refractivity contribution in [3.8, 4) is 11.6 Å². The highest BCUT2D eigenvalue weighted by Crippen LogP contribution is 2.18. The fraction of sp³-hybridized carbons (Fsp3) is 0.400. The molecule has 32 heavy (non-hydrogen) atoms. The summed E-state index contributed by atoms with van der Waals surface area (Å²) in [5, 5.41) is 6.80. The van der Waals surface area contributed by atoms with Gasteiger partial charge in [-0.15, -0.1) is 0 Å². The first kappa shape index (κ1) is 23.3. The fourth-order valence-electron chi connectivity index (χ4n) is 3.17. The molecule has 2 aromatic heterocycles. The van der Waals surface area contributed by atoms with Crippen molar-refractivity contribution in [1.82, 2.24) is 25.2 Å². The van der Waals surface area contributed by atoms with E-state index < -0.39 is 0 Å². The van der Waals surface area contributed by atoms with Crippen LogP contribution in [0.1, 0.15) is 50.7 Å². The molecule has 0 spiro atoms. The van der Waals surface area contributed by atoms with E-state index in [-0.39, 0.29) is 6.04 Å². The maximum atomic E-state index is 5.78. The molecule has 1 unspecified atom stereocenters. The van der Waals surface area contributed by atoms with Crippen LogP contribution in [0.5, 0.6) is 5.75 Å². The van der Waals surface area contributed by atoms with Crippen LogP contribution in [-0.2, 0) is 6.54 Å². The predicted octanol–water partition coefficient (Wildman–Crippen LogP) is 4.43. The van der Waals surface area contributed by atoms with E-state index in [1.54, 1.807) is 6.20 Å². The van der Waals surface area contributed by atoms with Crippen molar-refractivity contribution >= 4 is 5.96 Å². The molecule has 2 heterocycles. The number of rotatable bonds is 9. The molecule has 3 rings (SSSR count). The first-order valence-corrected chi connectivity index (χ1v) is 11.2. The van der Waals surface area contributed by atoms with E-state index in [9.17, 15) is 0 Å². The summed E-state index contributed by atoms with van der Waals surface area (Å²) in [5.41, 5.74) is 2.22. The number of aromatic nitrogens is 3. The van der Waals surface area contributed by atoms with Crippen molar-refractivity contribution in [2.45, 2.75) is 47.2 Å². The molecule has 0 aliphatic heterocycles. The number of ether oxygens (including phenoxy) is 1. The molecule has 2 N–H and O–H groups in total. The fourth-order valence-corrected chi connectivity index (χ4v) is 3.17. The van der Waals surface area contributed by atoms with Crippen molar-refractivity contribution in [3.63, 3.8) is 0 Å². The number of hydrogen-bond acceptors (Lipinski definition) is 4. The number of hydrogen-bond donors (Lipinski definition) is 2. The lowest BCUT2D eigenvalue weighted by molar-refractivity contribution is 0.271. The van der Waals surface area contributed by atoms with Gasteiger partial charge >= 0.3 is 0 Å². The molecule has 0 radical (unpaired) electrons. The van der Waals surface area contributed by atoms with E-state index in [0.717, 1.165) is 42.1 Å². The summed E-state index contributed by atoms with van der Waals surface area (Å²) in [7, 11) is 0. The van der Waals surface area contributed by atoms with E-state index in [4.69, 9.17) is 9.73 Å². The van der Waals surface area contributed by atoms with Crippen molar-refractivity contribution < 1.29 is 4.74 Å². The summed E-state index contributed by atoms with van der Waals surface area (Å²) >= 11 is 0. The van der Waals surface area contributed by atoms with Gasteiger partial charge < -0.3 is 15.4 Å². The Morgan fingerprint density at radius 2 is 1.88 bits per heavy atom. The van der Waals surface area contributed by atoms with E-state index in [1.165, 1.54) is 5.56 Å². The molecule has 1 atom stereocenters. The summed E-state index contributed by atoms with van der Waals surface area (Å²) in [6, 6.07) is 12.4. The second-order valence-electron chi connectivity index (χ2n) is 8.20. The van der Waals surface area contributed by atoms with Gasteiger partial charge in [0.25, 0.3) is 0 Å². The van der Waals surface area contributed by atoms with E-state index in [1.807, 2.05) is 48.1 Å². The largest absolute Gasteiger partial charge is 0.493 e. The molecule has 0 aliphatic rings. The first-order chi connectivity index (χ1) is 15.5. The molecular formula is C25H34N6O. The zero-order chi connectivity index (χ0) is 22.9. The van der Waals surface area contributed by atoms with Crippen LogP contribution in [0.2, 0.25) is 0 Å². The minimum atomic E-state index is 0.108. The van der Waals surface area contributed by atoms with Gasteiger partial charge in [-0.05, 0) is 56.0 Å². The monoisotopic (exact) mass is 434 g/mol. The number of pyridine rings is 1. The molecule has 0 saturated heterocycles. The minimum absolute atomic E-state index is 0.108. The van der Waals surface area contributed by atoms with E-state index >= 15 is 0 Å². The minimum Gasteiger partial charge on any atom is -0.493 e. The van der Waals surface area contributed by atoms with E-state index in [0.29, 0.717) is 12.5 Å². The smallest absolute Gasteiger partial charge is 0.192 e. The topological polar surface area (TPSA) is 76.4 Å². The molecule has 0 saturated carbocycles. The number of aliphatic imine (C=N–C) groups is 1. The Morgan fingerprint density at radius 3 is 2.47 bits per heavy atom. The average Bonchev–Trinajstić information content (AvgIpc) is 3.22. The van der Waals surface area contributed by atoms with Gasteiger partial charge in [-0.3, -0.25) is 4.57 Å². The van der Waals surface area contributed by atoms with E-state index in [2.05, 4.69) is 60.4 Å². The third-order valence-corrected chi connectivity index (χ3v) is 4.96. The summed E-state index contributed by atoms with van der Waals surface area (Å²) in [4.78, 5) is 13.5. The van der Waals surface area contributed by atoms with Crippen molar-refractivity contribution in [3.05, 3.63) is 71.9 Å². The van der Waals surface area contributed by atoms with Gasteiger partial charge in [0.2, 0.25) is 0 Å². The third-order valence-electron chi connectivity index (χ3n) is 4.96. The van der Waals surface area contributed by atoms with Gasteiger partial charge in [0.05, 0.1) is 19.2 Å². The van der Waals surface area contributed by atoms with Crippen molar-refractivity contribution in [2.75, 3.05) is 13.2 Å². The molecule has 3 aromatic rings. The summed E-state index contributed by atoms with van der Waals surface area (Å²) < 4.78 is 7.74. The Bertz CT molecular complexity index is 992. The second kappa shape index (κ2) is 11.3. The van der Waals surface area contributed by atoms with Crippen LogP contribution in [0, 0.1) is 12.8 Å². The number of nitrogens with one attached hydrogen (secondary N) is 2. The normalized spacial score (nSPS) is 12.6. The highest BCUT2D eigenvalue weighted by atomic mass is 16.5. The first-order valence-electron chi connectivity index (χ1n) is 11.2. The molecule has 7 nitrogen and oxygen atoms in total. The van der Waals surface area contributed by atoms with Crippen LogP contribution < -0.4 is 15.4 Å². The lowest BCUT2D eigenvalue weighted by atomic mass is 10.1. The molecule has 0 amide bonds. The summed E-state index contributed by atoms with van der Waals surface area (Å²) in [5.74, 6) is 3.95. The van der Waals surface area contributed by atoms with Crippen LogP contribution >= 0.6 is 0 Å². The Balaban J connectivity index is 1.61. The molecule has 1 aromatic carbocycles. The van der Waals surface area contributed by atoms with Crippen molar-refractivity contribution in [2.24, 2.45) is 10.9 Å². The van der Waals surface area contributed by atoms with Crippen LogP contribution in [0.15, 0.2) is 60.0 Å². The highest BCUT2D eigenvalue weighted by molar-refractivity contribution is 5.80. The Morgan fingerprint density at radius 1 is 1.09 bits per heavy atom. The maximum Gasteiger partial charge on any atom is 0.192 e. The quantitative estimate of drug-likeness (QED) is 0.385. The molecule has 0 fully saturated rings. The summed E-state index contributed by atoms with van der Waals surface area (Å²) in [6.45, 7) is 12.5. The molecular weight excluding hydrogens is 400 g/mol. The summed E-state index contributed by atoms with van der Waals surface area (Å²) in [6.07, 6.45) is 5.55. The maximum absolute atomic E-state index is 5.78. The zero-order valence-corrected chi connectivity index (χ0v) is 19.7. The highest BCUT2D eigenvalue weighted by Gasteiger charge is 2.09. The Labute approximate surface area is 191 Å². The molecule has 0 aliphatic carbocycles.